The summed E-state index contributed by atoms with van der Waals surface area (Å²) >= 11 is 0. The Hall–Kier alpha value is -2.04. The fraction of sp³-hybridized carbons (Fsp3) is 0.529. The number of hydrogen-bond acceptors (Lipinski definition) is 3. The topological polar surface area (TPSA) is 75.6 Å². The van der Waals surface area contributed by atoms with Crippen LogP contribution in [0.1, 0.15) is 44.1 Å². The Labute approximate surface area is 130 Å². The Morgan fingerprint density at radius 1 is 1.18 bits per heavy atom. The number of hydrogen-bond donors (Lipinski definition) is 2. The first-order valence-corrected chi connectivity index (χ1v) is 7.86. The van der Waals surface area contributed by atoms with Crippen molar-refractivity contribution in [1.82, 2.24) is 5.32 Å². The van der Waals surface area contributed by atoms with Crippen LogP contribution in [0.15, 0.2) is 24.3 Å². The normalized spacial score (nSPS) is 15.8. The van der Waals surface area contributed by atoms with Crippen LogP contribution in [0.4, 0.5) is 0 Å². The standard InChI is InChI=1S/C17H23NO4/c19-16(20)12-22-15-9-5-6-13(10-15)11-18-17(21)14-7-3-1-2-4-8-14/h5-6,9-10,14H,1-4,7-8,11-12H2,(H,18,21)(H,19,20). The summed E-state index contributed by atoms with van der Waals surface area (Å²) in [5.74, 6) is -0.247. The Morgan fingerprint density at radius 3 is 2.59 bits per heavy atom. The number of carboxylic acids is 1. The minimum atomic E-state index is -1.01. The monoisotopic (exact) mass is 305 g/mol. The zero-order valence-corrected chi connectivity index (χ0v) is 12.7. The summed E-state index contributed by atoms with van der Waals surface area (Å²) in [7, 11) is 0. The molecule has 1 aromatic carbocycles. The molecule has 0 atom stereocenters. The maximum absolute atomic E-state index is 12.2. The number of benzene rings is 1. The fourth-order valence-electron chi connectivity index (χ4n) is 2.77. The number of rotatable bonds is 6. The molecule has 5 nitrogen and oxygen atoms in total. The van der Waals surface area contributed by atoms with Gasteiger partial charge in [0.05, 0.1) is 0 Å². The maximum Gasteiger partial charge on any atom is 0.341 e. The number of carboxylic acid groups (broad SMARTS) is 1. The highest BCUT2D eigenvalue weighted by atomic mass is 16.5. The first kappa shape index (κ1) is 16.3. The molecule has 0 bridgehead atoms. The van der Waals surface area contributed by atoms with Crippen LogP contribution in [0.3, 0.4) is 0 Å². The Balaban J connectivity index is 1.83. The van der Waals surface area contributed by atoms with Crippen molar-refractivity contribution in [1.29, 1.82) is 0 Å². The van der Waals surface area contributed by atoms with E-state index >= 15 is 0 Å². The molecule has 5 heteroatoms. The number of aliphatic carboxylic acids is 1. The Bertz CT molecular complexity index is 507. The summed E-state index contributed by atoms with van der Waals surface area (Å²) in [5.41, 5.74) is 0.907. The van der Waals surface area contributed by atoms with E-state index in [-0.39, 0.29) is 18.4 Å². The van der Waals surface area contributed by atoms with E-state index in [1.807, 2.05) is 6.07 Å². The third-order valence-electron chi connectivity index (χ3n) is 3.95. The van der Waals surface area contributed by atoms with Crippen LogP contribution < -0.4 is 10.1 Å². The smallest absolute Gasteiger partial charge is 0.341 e. The summed E-state index contributed by atoms with van der Waals surface area (Å²) in [5, 5.41) is 11.6. The van der Waals surface area contributed by atoms with Gasteiger partial charge >= 0.3 is 5.97 Å². The molecule has 0 unspecified atom stereocenters. The van der Waals surface area contributed by atoms with Crippen molar-refractivity contribution in [2.75, 3.05) is 6.61 Å². The van der Waals surface area contributed by atoms with Gasteiger partial charge in [0.15, 0.2) is 6.61 Å². The third kappa shape index (κ3) is 5.39. The molecule has 1 aromatic rings. The summed E-state index contributed by atoms with van der Waals surface area (Å²) in [6.07, 6.45) is 6.69. The van der Waals surface area contributed by atoms with E-state index in [0.717, 1.165) is 31.2 Å². The van der Waals surface area contributed by atoms with E-state index in [0.29, 0.717) is 12.3 Å². The van der Waals surface area contributed by atoms with Crippen molar-refractivity contribution in [3.8, 4) is 5.75 Å². The summed E-state index contributed by atoms with van der Waals surface area (Å²) in [6.45, 7) is 0.0808. The van der Waals surface area contributed by atoms with Crippen LogP contribution in [0.25, 0.3) is 0 Å². The van der Waals surface area contributed by atoms with Gasteiger partial charge in [-0.3, -0.25) is 4.79 Å². The molecule has 120 valence electrons. The summed E-state index contributed by atoms with van der Waals surface area (Å²) < 4.78 is 5.14. The lowest BCUT2D eigenvalue weighted by atomic mass is 9.99. The second kappa shape index (κ2) is 8.41. The third-order valence-corrected chi connectivity index (χ3v) is 3.95. The zero-order chi connectivity index (χ0) is 15.8. The quantitative estimate of drug-likeness (QED) is 0.792. The molecule has 22 heavy (non-hydrogen) atoms. The van der Waals surface area contributed by atoms with Crippen molar-refractivity contribution in [3.63, 3.8) is 0 Å². The minimum Gasteiger partial charge on any atom is -0.482 e. The highest BCUT2D eigenvalue weighted by Crippen LogP contribution is 2.23. The van der Waals surface area contributed by atoms with E-state index in [1.54, 1.807) is 18.2 Å². The van der Waals surface area contributed by atoms with E-state index in [2.05, 4.69) is 5.32 Å². The van der Waals surface area contributed by atoms with Crippen LogP contribution in [0.2, 0.25) is 0 Å². The predicted molar refractivity (Wildman–Crippen MR) is 82.6 cm³/mol. The van der Waals surface area contributed by atoms with E-state index in [9.17, 15) is 9.59 Å². The molecule has 1 aliphatic rings. The Morgan fingerprint density at radius 2 is 1.91 bits per heavy atom. The van der Waals surface area contributed by atoms with Gasteiger partial charge in [-0.15, -0.1) is 0 Å². The number of amides is 1. The van der Waals surface area contributed by atoms with Crippen molar-refractivity contribution in [3.05, 3.63) is 29.8 Å². The molecule has 2 N–H and O–H groups in total. The molecular formula is C17H23NO4. The lowest BCUT2D eigenvalue weighted by Gasteiger charge is -2.14. The second-order valence-corrected chi connectivity index (χ2v) is 5.74. The van der Waals surface area contributed by atoms with Gasteiger partial charge in [-0.1, -0.05) is 37.8 Å². The summed E-state index contributed by atoms with van der Waals surface area (Å²) in [4.78, 5) is 22.7. The lowest BCUT2D eigenvalue weighted by Crippen LogP contribution is -2.30. The van der Waals surface area contributed by atoms with Crippen molar-refractivity contribution >= 4 is 11.9 Å². The Kier molecular flexibility index (Phi) is 6.25. The molecule has 1 amide bonds. The fourth-order valence-corrected chi connectivity index (χ4v) is 2.77. The van der Waals surface area contributed by atoms with Crippen LogP contribution in [-0.2, 0) is 16.1 Å². The molecule has 0 radical (unpaired) electrons. The van der Waals surface area contributed by atoms with E-state index in [4.69, 9.17) is 9.84 Å². The van der Waals surface area contributed by atoms with Crippen LogP contribution >= 0.6 is 0 Å². The molecule has 1 saturated carbocycles. The second-order valence-electron chi connectivity index (χ2n) is 5.74. The zero-order valence-electron chi connectivity index (χ0n) is 12.7. The number of carbonyl (C=O) groups excluding carboxylic acids is 1. The summed E-state index contributed by atoms with van der Waals surface area (Å²) in [6, 6.07) is 7.15. The van der Waals surface area contributed by atoms with E-state index < -0.39 is 5.97 Å². The molecular weight excluding hydrogens is 282 g/mol. The van der Waals surface area contributed by atoms with E-state index in [1.165, 1.54) is 12.8 Å². The molecule has 0 aliphatic heterocycles. The highest BCUT2D eigenvalue weighted by Gasteiger charge is 2.19. The van der Waals surface area contributed by atoms with Gasteiger partial charge < -0.3 is 15.2 Å². The average molecular weight is 305 g/mol. The van der Waals surface area contributed by atoms with Crippen molar-refractivity contribution < 1.29 is 19.4 Å². The lowest BCUT2D eigenvalue weighted by molar-refractivity contribution is -0.139. The van der Waals surface area contributed by atoms with Gasteiger partial charge in [0, 0.05) is 12.5 Å². The molecule has 0 aromatic heterocycles. The van der Waals surface area contributed by atoms with Gasteiger partial charge in [-0.2, -0.15) is 0 Å². The molecule has 0 heterocycles. The minimum absolute atomic E-state index is 0.124. The number of ether oxygens (including phenoxy) is 1. The number of carbonyl (C=O) groups is 2. The number of nitrogens with one attached hydrogen (secondary N) is 1. The van der Waals surface area contributed by atoms with Gasteiger partial charge in [-0.25, -0.2) is 4.79 Å². The average Bonchev–Trinajstić information content (AvgIpc) is 2.80. The first-order valence-electron chi connectivity index (χ1n) is 7.86. The van der Waals surface area contributed by atoms with Gasteiger partial charge in [0.25, 0.3) is 0 Å². The maximum atomic E-state index is 12.2. The molecule has 0 saturated heterocycles. The van der Waals surface area contributed by atoms with Crippen molar-refractivity contribution in [2.24, 2.45) is 5.92 Å². The van der Waals surface area contributed by atoms with Crippen LogP contribution in [0, 0.1) is 5.92 Å². The van der Waals surface area contributed by atoms with Gasteiger partial charge in [-0.05, 0) is 30.5 Å². The predicted octanol–water partition coefficient (Wildman–Crippen LogP) is 2.74. The SMILES string of the molecule is O=C(O)COc1cccc(CNC(=O)C2CCCCCC2)c1. The molecule has 2 rings (SSSR count). The largest absolute Gasteiger partial charge is 0.482 e. The molecule has 1 fully saturated rings. The van der Waals surface area contributed by atoms with Gasteiger partial charge in [0.2, 0.25) is 5.91 Å². The van der Waals surface area contributed by atoms with Crippen molar-refractivity contribution in [2.45, 2.75) is 45.1 Å². The van der Waals surface area contributed by atoms with Crippen LogP contribution in [-0.4, -0.2) is 23.6 Å². The first-order chi connectivity index (χ1) is 10.6. The van der Waals surface area contributed by atoms with Crippen LogP contribution in [0.5, 0.6) is 5.75 Å². The molecule has 0 spiro atoms. The highest BCUT2D eigenvalue weighted by molar-refractivity contribution is 5.78. The molecule has 1 aliphatic carbocycles. The van der Waals surface area contributed by atoms with Gasteiger partial charge in [0.1, 0.15) is 5.75 Å².